The van der Waals surface area contributed by atoms with Gasteiger partial charge in [0.25, 0.3) is 0 Å². The number of furan rings is 1. The molecule has 0 unspecified atom stereocenters. The average molecular weight is 443 g/mol. The number of benzene rings is 2. The van der Waals surface area contributed by atoms with Gasteiger partial charge in [0.1, 0.15) is 11.5 Å². The maximum Gasteiger partial charge on any atom is 0.243 e. The number of aryl methyl sites for hydroxylation is 2. The molecular formula is C23H26N2O5S. The van der Waals surface area contributed by atoms with E-state index in [2.05, 4.69) is 5.32 Å². The summed E-state index contributed by atoms with van der Waals surface area (Å²) in [6.45, 7) is 5.69. The number of amides is 1. The highest BCUT2D eigenvalue weighted by Crippen LogP contribution is 2.23. The Balaban J connectivity index is 1.86. The number of sulfonamides is 1. The number of ether oxygens (including phenoxy) is 1. The minimum atomic E-state index is -3.96. The van der Waals surface area contributed by atoms with Gasteiger partial charge in [-0.25, -0.2) is 8.42 Å². The first-order valence-electron chi connectivity index (χ1n) is 9.92. The number of para-hydroxylation sites is 1. The number of carbonyl (C=O) groups is 1. The molecule has 0 aliphatic rings. The van der Waals surface area contributed by atoms with E-state index >= 15 is 0 Å². The van der Waals surface area contributed by atoms with Gasteiger partial charge in [-0.05, 0) is 68.3 Å². The molecule has 1 amide bonds. The number of carbonyl (C=O) groups excluding carboxylic acids is 1. The van der Waals surface area contributed by atoms with Crippen molar-refractivity contribution >= 4 is 21.6 Å². The fraction of sp³-hybridized carbons (Fsp3) is 0.261. The van der Waals surface area contributed by atoms with Gasteiger partial charge in [-0.15, -0.1) is 0 Å². The molecule has 7 nitrogen and oxygen atoms in total. The molecule has 0 saturated carbocycles. The Labute approximate surface area is 182 Å². The van der Waals surface area contributed by atoms with Crippen LogP contribution in [0.2, 0.25) is 0 Å². The molecule has 0 saturated heterocycles. The molecular weight excluding hydrogens is 416 g/mol. The monoisotopic (exact) mass is 442 g/mol. The second kappa shape index (κ2) is 9.80. The fourth-order valence-electron chi connectivity index (χ4n) is 3.18. The summed E-state index contributed by atoms with van der Waals surface area (Å²) in [6.07, 6.45) is 1.47. The number of nitrogens with one attached hydrogen (secondary N) is 1. The van der Waals surface area contributed by atoms with E-state index in [1.54, 1.807) is 24.3 Å². The van der Waals surface area contributed by atoms with Crippen LogP contribution < -0.4 is 10.1 Å². The summed E-state index contributed by atoms with van der Waals surface area (Å²) in [5.41, 5.74) is 2.49. The van der Waals surface area contributed by atoms with Crippen LogP contribution in [0.3, 0.4) is 0 Å². The maximum atomic E-state index is 13.3. The Kier molecular flexibility index (Phi) is 7.14. The van der Waals surface area contributed by atoms with E-state index in [1.165, 1.54) is 18.4 Å². The Morgan fingerprint density at radius 3 is 2.29 bits per heavy atom. The molecule has 0 atom stereocenters. The third-order valence-electron chi connectivity index (χ3n) is 4.75. The predicted octanol–water partition coefficient (Wildman–Crippen LogP) is 4.12. The van der Waals surface area contributed by atoms with E-state index in [0.29, 0.717) is 23.8 Å². The third-order valence-corrected chi connectivity index (χ3v) is 6.56. The normalized spacial score (nSPS) is 11.5. The zero-order valence-corrected chi connectivity index (χ0v) is 18.6. The first-order chi connectivity index (χ1) is 14.8. The fourth-order valence-corrected chi connectivity index (χ4v) is 4.54. The number of hydrogen-bond donors (Lipinski definition) is 1. The molecule has 31 heavy (non-hydrogen) atoms. The van der Waals surface area contributed by atoms with Gasteiger partial charge in [0, 0.05) is 5.69 Å². The van der Waals surface area contributed by atoms with Crippen LogP contribution in [0, 0.1) is 13.8 Å². The Morgan fingerprint density at radius 2 is 1.71 bits per heavy atom. The van der Waals surface area contributed by atoms with Crippen LogP contribution >= 0.6 is 0 Å². The second-order valence-electron chi connectivity index (χ2n) is 7.07. The number of nitrogens with zero attached hydrogens (tertiary/aromatic N) is 1. The standard InChI is InChI=1S/C23H26N2O5S/c1-4-29-19-10-12-21(13-11-19)31(27,28)25(15-20-9-6-14-30-20)16-22(26)24-23-17(2)7-5-8-18(23)3/h5-14H,4,15-16H2,1-3H3,(H,24,26). The first kappa shape index (κ1) is 22.6. The van der Waals surface area contributed by atoms with Crippen molar-refractivity contribution in [3.05, 3.63) is 77.7 Å². The van der Waals surface area contributed by atoms with E-state index in [4.69, 9.17) is 9.15 Å². The quantitative estimate of drug-likeness (QED) is 0.538. The average Bonchev–Trinajstić information content (AvgIpc) is 3.24. The van der Waals surface area contributed by atoms with Crippen LogP contribution in [0.1, 0.15) is 23.8 Å². The first-order valence-corrected chi connectivity index (χ1v) is 11.4. The molecule has 3 aromatic rings. The van der Waals surface area contributed by atoms with Crippen LogP contribution in [0.25, 0.3) is 0 Å². The van der Waals surface area contributed by atoms with Crippen molar-refractivity contribution in [3.63, 3.8) is 0 Å². The molecule has 0 aliphatic heterocycles. The summed E-state index contributed by atoms with van der Waals surface area (Å²) < 4.78 is 38.4. The molecule has 0 spiro atoms. The van der Waals surface area contributed by atoms with Gasteiger partial charge >= 0.3 is 0 Å². The zero-order chi connectivity index (χ0) is 22.4. The van der Waals surface area contributed by atoms with Crippen LogP contribution in [-0.4, -0.2) is 31.8 Å². The lowest BCUT2D eigenvalue weighted by Crippen LogP contribution is -2.37. The number of anilines is 1. The van der Waals surface area contributed by atoms with E-state index in [1.807, 2.05) is 39.0 Å². The molecule has 1 N–H and O–H groups in total. The second-order valence-corrected chi connectivity index (χ2v) is 9.01. The summed E-state index contributed by atoms with van der Waals surface area (Å²) in [6, 6.07) is 15.2. The van der Waals surface area contributed by atoms with Gasteiger partial charge < -0.3 is 14.5 Å². The largest absolute Gasteiger partial charge is 0.494 e. The lowest BCUT2D eigenvalue weighted by molar-refractivity contribution is -0.116. The molecule has 2 aromatic carbocycles. The van der Waals surface area contributed by atoms with Gasteiger partial charge in [0.05, 0.1) is 30.9 Å². The molecule has 1 heterocycles. The van der Waals surface area contributed by atoms with Crippen molar-refractivity contribution in [2.75, 3.05) is 18.5 Å². The van der Waals surface area contributed by atoms with E-state index in [9.17, 15) is 13.2 Å². The van der Waals surface area contributed by atoms with Gasteiger partial charge in [-0.3, -0.25) is 4.79 Å². The summed E-state index contributed by atoms with van der Waals surface area (Å²) in [4.78, 5) is 12.9. The molecule has 164 valence electrons. The Bertz CT molecular complexity index is 1100. The summed E-state index contributed by atoms with van der Waals surface area (Å²) >= 11 is 0. The molecule has 0 fully saturated rings. The highest BCUT2D eigenvalue weighted by Gasteiger charge is 2.28. The SMILES string of the molecule is CCOc1ccc(S(=O)(=O)N(CC(=O)Nc2c(C)cccc2C)Cc2ccco2)cc1. The van der Waals surface area contributed by atoms with Gasteiger partial charge in [0.2, 0.25) is 15.9 Å². The number of hydrogen-bond acceptors (Lipinski definition) is 5. The smallest absolute Gasteiger partial charge is 0.243 e. The number of rotatable bonds is 9. The van der Waals surface area contributed by atoms with Crippen LogP contribution in [0.5, 0.6) is 5.75 Å². The van der Waals surface area contributed by atoms with Crippen LogP contribution in [0.4, 0.5) is 5.69 Å². The van der Waals surface area contributed by atoms with Crippen molar-refractivity contribution in [1.82, 2.24) is 4.31 Å². The van der Waals surface area contributed by atoms with Crippen LogP contribution in [0.15, 0.2) is 70.2 Å². The molecule has 1 aromatic heterocycles. The minimum absolute atomic E-state index is 0.0667. The lowest BCUT2D eigenvalue weighted by Gasteiger charge is -2.21. The highest BCUT2D eigenvalue weighted by molar-refractivity contribution is 7.89. The summed E-state index contributed by atoms with van der Waals surface area (Å²) in [5.74, 6) is 0.583. The van der Waals surface area contributed by atoms with Crippen molar-refractivity contribution in [3.8, 4) is 5.75 Å². The lowest BCUT2D eigenvalue weighted by atomic mass is 10.1. The van der Waals surface area contributed by atoms with Gasteiger partial charge in [0.15, 0.2) is 0 Å². The summed E-state index contributed by atoms with van der Waals surface area (Å²) in [7, 11) is -3.96. The molecule has 3 rings (SSSR count). The van der Waals surface area contributed by atoms with Crippen molar-refractivity contribution < 1.29 is 22.4 Å². The zero-order valence-electron chi connectivity index (χ0n) is 17.8. The van der Waals surface area contributed by atoms with Crippen LogP contribution in [-0.2, 0) is 21.4 Å². The molecule has 8 heteroatoms. The molecule has 0 radical (unpaired) electrons. The predicted molar refractivity (Wildman–Crippen MR) is 118 cm³/mol. The van der Waals surface area contributed by atoms with Gasteiger partial charge in [-0.1, -0.05) is 18.2 Å². The maximum absolute atomic E-state index is 13.3. The Hall–Kier alpha value is -3.10. The highest BCUT2D eigenvalue weighted by atomic mass is 32.2. The molecule has 0 aliphatic carbocycles. The van der Waals surface area contributed by atoms with Crippen molar-refractivity contribution in [2.45, 2.75) is 32.2 Å². The van der Waals surface area contributed by atoms with Crippen molar-refractivity contribution in [2.24, 2.45) is 0 Å². The van der Waals surface area contributed by atoms with Crippen molar-refractivity contribution in [1.29, 1.82) is 0 Å². The summed E-state index contributed by atoms with van der Waals surface area (Å²) in [5, 5.41) is 2.84. The minimum Gasteiger partial charge on any atom is -0.494 e. The topological polar surface area (TPSA) is 88.9 Å². The van der Waals surface area contributed by atoms with E-state index < -0.39 is 15.9 Å². The Morgan fingerprint density at radius 1 is 1.03 bits per heavy atom. The van der Waals surface area contributed by atoms with E-state index in [-0.39, 0.29) is 18.0 Å². The molecule has 0 bridgehead atoms. The van der Waals surface area contributed by atoms with Gasteiger partial charge in [-0.2, -0.15) is 4.31 Å². The third kappa shape index (κ3) is 5.53. The van der Waals surface area contributed by atoms with E-state index in [0.717, 1.165) is 15.4 Å².